The van der Waals surface area contributed by atoms with Gasteiger partial charge in [0.2, 0.25) is 23.6 Å². The molecule has 1 fully saturated rings. The molecular weight excluding hydrogens is 1050 g/mol. The average Bonchev–Trinajstić information content (AvgIpc) is 3.59. The summed E-state index contributed by atoms with van der Waals surface area (Å²) in [5.74, 6) is -3.46. The predicted molar refractivity (Wildman–Crippen MR) is 293 cm³/mol. The predicted octanol–water partition coefficient (Wildman–Crippen LogP) is 8.42. The van der Waals surface area contributed by atoms with Gasteiger partial charge in [-0.3, -0.25) is 4.79 Å². The third-order valence-corrected chi connectivity index (χ3v) is 12.3. The maximum atomic E-state index is 15.0. The number of hydrogen-bond acceptors (Lipinski definition) is 19. The summed E-state index contributed by atoms with van der Waals surface area (Å²) in [6.45, 7) is 2.90. The SMILES string of the molecule is CC(C)COc1c(-c2ccc(OCCCO)c(OCCCO)c2)oc2cc(O[C@@H]3O[C@H](COC(=O)c4ccccc4)[C@@H](OC(=O)c4ccccc4)[C@H](OC(=O)c4ccccc4)[C@H]3OC(=O)c3ccccc3)cc(OCCCO)c2c1=O. The number of rotatable bonds is 27. The van der Waals surface area contributed by atoms with Crippen LogP contribution in [0.2, 0.25) is 0 Å². The number of ether oxygens (including phenoxy) is 10. The highest BCUT2D eigenvalue weighted by molar-refractivity contribution is 5.92. The van der Waals surface area contributed by atoms with Crippen molar-refractivity contribution >= 4 is 34.8 Å². The molecule has 3 N–H and O–H groups in total. The zero-order chi connectivity index (χ0) is 57.1. The first-order valence-electron chi connectivity index (χ1n) is 26.4. The van der Waals surface area contributed by atoms with Crippen LogP contribution in [0.3, 0.4) is 0 Å². The summed E-state index contributed by atoms with van der Waals surface area (Å²) in [7, 11) is 0. The second-order valence-electron chi connectivity index (χ2n) is 18.9. The van der Waals surface area contributed by atoms with E-state index < -0.39 is 66.6 Å². The van der Waals surface area contributed by atoms with E-state index in [9.17, 15) is 34.5 Å². The number of carbonyl (C=O) groups excluding carboxylic acids is 4. The Morgan fingerprint density at radius 1 is 0.531 bits per heavy atom. The van der Waals surface area contributed by atoms with Crippen molar-refractivity contribution in [1.82, 2.24) is 0 Å². The summed E-state index contributed by atoms with van der Waals surface area (Å²) in [5.41, 5.74) is -0.0328. The Kier molecular flexibility index (Phi) is 20.9. The van der Waals surface area contributed by atoms with Crippen LogP contribution in [0, 0.1) is 5.92 Å². The fourth-order valence-corrected chi connectivity index (χ4v) is 8.37. The Hall–Kier alpha value is -8.75. The molecule has 0 radical (unpaired) electrons. The second-order valence-corrected chi connectivity index (χ2v) is 18.9. The largest absolute Gasteiger partial charge is 0.492 e. The summed E-state index contributed by atoms with van der Waals surface area (Å²) in [4.78, 5) is 71.4. The third-order valence-electron chi connectivity index (χ3n) is 12.3. The van der Waals surface area contributed by atoms with Crippen molar-refractivity contribution in [3.05, 3.63) is 184 Å². The lowest BCUT2D eigenvalue weighted by molar-refractivity contribution is -0.275. The van der Waals surface area contributed by atoms with Gasteiger partial charge in [-0.2, -0.15) is 0 Å². The van der Waals surface area contributed by atoms with Crippen LogP contribution in [0.4, 0.5) is 0 Å². The molecule has 0 aliphatic carbocycles. The summed E-state index contributed by atoms with van der Waals surface area (Å²) in [6, 6.07) is 39.3. The molecule has 0 spiro atoms. The molecule has 0 saturated carbocycles. The monoisotopic (exact) mass is 1110 g/mol. The van der Waals surface area contributed by atoms with Gasteiger partial charge in [-0.25, -0.2) is 19.2 Å². The van der Waals surface area contributed by atoms with E-state index in [1.165, 1.54) is 60.7 Å². The maximum Gasteiger partial charge on any atom is 0.338 e. The van der Waals surface area contributed by atoms with Crippen molar-refractivity contribution in [2.45, 2.75) is 63.8 Å². The summed E-state index contributed by atoms with van der Waals surface area (Å²) in [6.07, 6.45) is -7.82. The first-order valence-corrected chi connectivity index (χ1v) is 26.4. The Morgan fingerprint density at radius 2 is 1.01 bits per heavy atom. The maximum absolute atomic E-state index is 15.0. The van der Waals surface area contributed by atoms with Gasteiger partial charge in [0.1, 0.15) is 35.2 Å². The van der Waals surface area contributed by atoms with Crippen molar-refractivity contribution < 1.29 is 86.3 Å². The molecule has 1 saturated heterocycles. The van der Waals surface area contributed by atoms with Gasteiger partial charge < -0.3 is 67.1 Å². The van der Waals surface area contributed by atoms with Crippen LogP contribution in [0.5, 0.6) is 28.7 Å². The van der Waals surface area contributed by atoms with Gasteiger partial charge in [0.05, 0.1) is 48.7 Å². The van der Waals surface area contributed by atoms with Gasteiger partial charge in [-0.05, 0) is 72.6 Å². The third kappa shape index (κ3) is 15.3. The van der Waals surface area contributed by atoms with Crippen LogP contribution in [0.25, 0.3) is 22.3 Å². The zero-order valence-corrected chi connectivity index (χ0v) is 44.5. The first-order chi connectivity index (χ1) is 39.5. The summed E-state index contributed by atoms with van der Waals surface area (Å²) < 4.78 is 68.9. The van der Waals surface area contributed by atoms with Gasteiger partial charge in [0.25, 0.3) is 0 Å². The van der Waals surface area contributed by atoms with E-state index in [1.54, 1.807) is 91.0 Å². The Bertz CT molecular complexity index is 3240. The molecule has 2 heterocycles. The van der Waals surface area contributed by atoms with Crippen LogP contribution in [0.1, 0.15) is 74.5 Å². The van der Waals surface area contributed by atoms with E-state index in [0.717, 1.165) is 0 Å². The van der Waals surface area contributed by atoms with Gasteiger partial charge in [0, 0.05) is 56.8 Å². The molecule has 1 aliphatic rings. The molecule has 0 bridgehead atoms. The van der Waals surface area contributed by atoms with E-state index in [4.69, 9.17) is 51.8 Å². The smallest absolute Gasteiger partial charge is 0.338 e. The van der Waals surface area contributed by atoms with Crippen LogP contribution in [0.15, 0.2) is 161 Å². The van der Waals surface area contributed by atoms with Crippen LogP contribution in [-0.2, 0) is 23.7 Å². The van der Waals surface area contributed by atoms with Crippen LogP contribution in [-0.4, -0.2) is 123 Å². The molecule has 424 valence electrons. The lowest BCUT2D eigenvalue weighted by Gasteiger charge is -2.44. The normalized spacial score (nSPS) is 16.7. The molecule has 1 aromatic heterocycles. The summed E-state index contributed by atoms with van der Waals surface area (Å²) in [5, 5.41) is 28.7. The minimum absolute atomic E-state index is 0.0413. The van der Waals surface area contributed by atoms with E-state index >= 15 is 4.79 Å². The van der Waals surface area contributed by atoms with Gasteiger partial charge in [0.15, 0.2) is 29.5 Å². The molecule has 81 heavy (non-hydrogen) atoms. The molecule has 19 nitrogen and oxygen atoms in total. The number of benzene rings is 6. The van der Waals surface area contributed by atoms with Crippen molar-refractivity contribution in [1.29, 1.82) is 0 Å². The van der Waals surface area contributed by atoms with Crippen molar-refractivity contribution in [2.24, 2.45) is 5.92 Å². The molecule has 8 rings (SSSR count). The van der Waals surface area contributed by atoms with E-state index in [0.29, 0.717) is 24.2 Å². The van der Waals surface area contributed by atoms with Crippen LogP contribution < -0.4 is 29.1 Å². The quantitative estimate of drug-likeness (QED) is 0.0248. The fourth-order valence-electron chi connectivity index (χ4n) is 8.37. The number of aliphatic hydroxyl groups is 3. The average molecular weight is 1110 g/mol. The van der Waals surface area contributed by atoms with E-state index in [1.807, 2.05) is 13.8 Å². The molecule has 1 aliphatic heterocycles. The molecule has 6 aromatic carbocycles. The lowest BCUT2D eigenvalue weighted by atomic mass is 9.97. The molecule has 0 unspecified atom stereocenters. The number of aliphatic hydroxyl groups excluding tert-OH is 3. The minimum Gasteiger partial charge on any atom is -0.492 e. The van der Waals surface area contributed by atoms with E-state index in [2.05, 4.69) is 0 Å². The molecule has 0 amide bonds. The standard InChI is InChI=1S/C62H62O19/c1-39(2)37-74-55-52(66)51-48(73-33-17-30-65)35-45(36-49(51)77-53(55)44-26-27-46(71-31-15-28-63)47(34-44)72-32-16-29-64)76-62-57(81-61(70)43-24-13-6-14-25-43)56(80-60(69)42-22-11-5-12-23-42)54(79-59(68)41-20-9-4-10-21-41)50(78-62)38-75-58(67)40-18-7-3-8-19-40/h3-14,18-27,34-36,39,50,54,56-57,62-65H,15-17,28-33,37-38H2,1-2H3/t50-,54-,56+,57-,62-/m1/s1. The number of hydrogen-bond donors (Lipinski definition) is 3. The van der Waals surface area contributed by atoms with E-state index in [-0.39, 0.29) is 121 Å². The molecular formula is C62H62O19. The van der Waals surface area contributed by atoms with Gasteiger partial charge in [-0.15, -0.1) is 0 Å². The zero-order valence-electron chi connectivity index (χ0n) is 44.5. The molecule has 7 aromatic rings. The number of esters is 4. The lowest BCUT2D eigenvalue weighted by Crippen LogP contribution is -2.63. The minimum atomic E-state index is -1.82. The number of fused-ring (bicyclic) bond motifs is 1. The van der Waals surface area contributed by atoms with Gasteiger partial charge in [-0.1, -0.05) is 86.6 Å². The number of carbonyl (C=O) groups is 4. The van der Waals surface area contributed by atoms with Crippen molar-refractivity contribution in [2.75, 3.05) is 52.9 Å². The highest BCUT2D eigenvalue weighted by Gasteiger charge is 2.54. The highest BCUT2D eigenvalue weighted by atomic mass is 16.7. The van der Waals surface area contributed by atoms with Crippen LogP contribution >= 0.6 is 0 Å². The molecule has 5 atom stereocenters. The summed E-state index contributed by atoms with van der Waals surface area (Å²) >= 11 is 0. The second kappa shape index (κ2) is 28.9. The Labute approximate surface area is 466 Å². The van der Waals surface area contributed by atoms with Crippen molar-refractivity contribution in [3.8, 4) is 40.1 Å². The topological polar surface area (TPSA) is 251 Å². The van der Waals surface area contributed by atoms with Crippen molar-refractivity contribution in [3.63, 3.8) is 0 Å². The highest BCUT2D eigenvalue weighted by Crippen LogP contribution is 2.41. The first kappa shape index (κ1) is 58.4. The molecule has 19 heteroatoms. The Morgan fingerprint density at radius 3 is 1.53 bits per heavy atom. The Balaban J connectivity index is 1.29. The van der Waals surface area contributed by atoms with Gasteiger partial charge >= 0.3 is 23.9 Å². The fraction of sp³-hybridized carbons (Fsp3) is 0.306.